The molecule has 30 heavy (non-hydrogen) atoms. The summed E-state index contributed by atoms with van der Waals surface area (Å²) < 4.78 is 79.3. The van der Waals surface area contributed by atoms with Gasteiger partial charge in [0.25, 0.3) is 0 Å². The predicted molar refractivity (Wildman–Crippen MR) is 110 cm³/mol. The molecule has 3 N–H and O–H groups in total. The van der Waals surface area contributed by atoms with E-state index in [0.29, 0.717) is 18.5 Å². The van der Waals surface area contributed by atoms with Crippen molar-refractivity contribution >= 4 is 22.3 Å². The molecule has 0 amide bonds. The van der Waals surface area contributed by atoms with Crippen molar-refractivity contribution < 1.29 is 21.8 Å². The van der Waals surface area contributed by atoms with Gasteiger partial charge < -0.3 is 5.32 Å². The van der Waals surface area contributed by atoms with E-state index in [9.17, 15) is 17.4 Å². The van der Waals surface area contributed by atoms with Crippen molar-refractivity contribution in [2.75, 3.05) is 6.54 Å². The minimum Gasteiger partial charge on any atom is -0.312 e. The highest BCUT2D eigenvalue weighted by atomic mass is 35.5. The maximum absolute atomic E-state index is 15.1. The zero-order valence-electron chi connectivity index (χ0n) is 15.9. The number of rotatable bonds is 6. The molecular formula is C20H22ClF4N3OS. The van der Waals surface area contributed by atoms with E-state index in [1.807, 2.05) is 0 Å². The van der Waals surface area contributed by atoms with E-state index in [1.54, 1.807) is 12.1 Å². The third kappa shape index (κ3) is 4.49. The molecule has 10 heteroatoms. The summed E-state index contributed by atoms with van der Waals surface area (Å²) in [5, 5.41) is 1.19. The highest BCUT2D eigenvalue weighted by molar-refractivity contribution is 7.92. The monoisotopic (exact) mass is 463 g/mol. The van der Waals surface area contributed by atoms with E-state index in [0.717, 1.165) is 18.2 Å². The fraction of sp³-hybridized carbons (Fsp3) is 0.400. The number of benzene rings is 2. The zero-order valence-corrected chi connectivity index (χ0v) is 17.5. The van der Waals surface area contributed by atoms with Crippen LogP contribution in [0.2, 0.25) is 0 Å². The first-order valence-corrected chi connectivity index (χ1v) is 11.0. The van der Waals surface area contributed by atoms with Crippen LogP contribution in [-0.4, -0.2) is 27.8 Å². The normalized spacial score (nSPS) is 24.1. The molecule has 1 saturated carbocycles. The summed E-state index contributed by atoms with van der Waals surface area (Å²) in [5.41, 5.74) is 0.489. The van der Waals surface area contributed by atoms with E-state index in [-0.39, 0.29) is 48.8 Å². The van der Waals surface area contributed by atoms with Gasteiger partial charge in [0.15, 0.2) is 0 Å². The molecule has 1 unspecified atom stereocenters. The second-order valence-electron chi connectivity index (χ2n) is 7.65. The summed E-state index contributed by atoms with van der Waals surface area (Å²) >= 11 is 0. The van der Waals surface area contributed by atoms with E-state index in [1.165, 1.54) is 6.07 Å². The van der Waals surface area contributed by atoms with Crippen molar-refractivity contribution in [3.63, 3.8) is 0 Å². The molecule has 2 aromatic rings. The smallest absolute Gasteiger partial charge is 0.206 e. The van der Waals surface area contributed by atoms with Crippen LogP contribution in [0.5, 0.6) is 0 Å². The molecule has 0 aromatic heterocycles. The molecule has 4 nitrogen and oxygen atoms in total. The number of halogens is 5. The van der Waals surface area contributed by atoms with Gasteiger partial charge in [-0.15, -0.1) is 12.4 Å². The maximum atomic E-state index is 15.1. The summed E-state index contributed by atoms with van der Waals surface area (Å²) in [7, 11) is -3.60. The quantitative estimate of drug-likeness (QED) is 0.553. The largest absolute Gasteiger partial charge is 0.312 e. The van der Waals surface area contributed by atoms with Gasteiger partial charge in [0.05, 0.1) is 0 Å². The summed E-state index contributed by atoms with van der Waals surface area (Å²) in [6, 6.07) is 6.68. The van der Waals surface area contributed by atoms with E-state index >= 15 is 4.39 Å². The van der Waals surface area contributed by atoms with Gasteiger partial charge in [-0.3, -0.25) is 0 Å². The maximum Gasteiger partial charge on any atom is 0.206 e. The lowest BCUT2D eigenvalue weighted by Crippen LogP contribution is -2.47. The predicted octanol–water partition coefficient (Wildman–Crippen LogP) is 4.48. The standard InChI is InChI=1S/C20H21F4N3OS.ClH/c21-14-8-13(9-15(22)11-14)16-3-1-2-12(19(16)23)10-18-17(4-7-26-18)27-29(25,28)20(24)5-6-20;/h1-3,8-9,11,17-18,26H,4-7,10H2,(H2,25,27,28);1H/t17-,18-,29?;/m0./s1. The fourth-order valence-corrected chi connectivity index (χ4v) is 5.33. The average Bonchev–Trinajstić information content (AvgIpc) is 3.27. The van der Waals surface area contributed by atoms with Crippen molar-refractivity contribution in [1.29, 1.82) is 4.78 Å². The van der Waals surface area contributed by atoms with Gasteiger partial charge in [0.1, 0.15) is 27.4 Å². The van der Waals surface area contributed by atoms with E-state index < -0.39 is 38.4 Å². The zero-order chi connectivity index (χ0) is 20.8. The highest BCUT2D eigenvalue weighted by Gasteiger charge is 2.54. The lowest BCUT2D eigenvalue weighted by Gasteiger charge is -2.24. The Kier molecular flexibility index (Phi) is 6.48. The van der Waals surface area contributed by atoms with Gasteiger partial charge in [-0.1, -0.05) is 18.2 Å². The minimum atomic E-state index is -3.60. The Balaban J connectivity index is 0.00000256. The second-order valence-corrected chi connectivity index (χ2v) is 9.73. The summed E-state index contributed by atoms with van der Waals surface area (Å²) in [6.07, 6.45) is 0.943. The van der Waals surface area contributed by atoms with Crippen LogP contribution in [0.1, 0.15) is 24.8 Å². The molecule has 164 valence electrons. The Morgan fingerprint density at radius 1 is 1.17 bits per heavy atom. The summed E-state index contributed by atoms with van der Waals surface area (Å²) in [4.78, 5) is 0. The van der Waals surface area contributed by atoms with Gasteiger partial charge in [0, 0.05) is 23.7 Å². The van der Waals surface area contributed by atoms with Crippen molar-refractivity contribution in [3.8, 4) is 11.1 Å². The Bertz CT molecular complexity index is 1030. The van der Waals surface area contributed by atoms with Crippen LogP contribution in [0.3, 0.4) is 0 Å². The van der Waals surface area contributed by atoms with Crippen molar-refractivity contribution in [3.05, 3.63) is 59.4 Å². The number of alkyl halides is 1. The number of hydrogen-bond acceptors (Lipinski definition) is 3. The topological polar surface area (TPSA) is 65.0 Å². The van der Waals surface area contributed by atoms with Crippen LogP contribution >= 0.6 is 12.4 Å². The van der Waals surface area contributed by atoms with Crippen molar-refractivity contribution in [2.45, 2.75) is 42.8 Å². The molecule has 0 bridgehead atoms. The van der Waals surface area contributed by atoms with Gasteiger partial charge >= 0.3 is 0 Å². The van der Waals surface area contributed by atoms with Crippen LogP contribution in [0.4, 0.5) is 17.6 Å². The minimum absolute atomic E-state index is 0. The van der Waals surface area contributed by atoms with Crippen molar-refractivity contribution in [1.82, 2.24) is 10.0 Å². The van der Waals surface area contributed by atoms with Crippen molar-refractivity contribution in [2.24, 2.45) is 0 Å². The Hall–Kier alpha value is -1.68. The van der Waals surface area contributed by atoms with Gasteiger partial charge in [-0.2, -0.15) is 0 Å². The molecule has 3 atom stereocenters. The Morgan fingerprint density at radius 2 is 1.83 bits per heavy atom. The van der Waals surface area contributed by atoms with Crippen LogP contribution in [0.15, 0.2) is 36.4 Å². The third-order valence-electron chi connectivity index (χ3n) is 5.52. The first-order valence-electron chi connectivity index (χ1n) is 9.40. The number of hydrogen-bond donors (Lipinski definition) is 3. The second kappa shape index (κ2) is 8.45. The fourth-order valence-electron chi connectivity index (χ4n) is 3.73. The van der Waals surface area contributed by atoms with E-state index in [2.05, 4.69) is 10.0 Å². The van der Waals surface area contributed by atoms with Gasteiger partial charge in [0.2, 0.25) is 5.00 Å². The average molecular weight is 464 g/mol. The Labute approximate surface area is 179 Å². The molecule has 1 saturated heterocycles. The molecule has 1 aliphatic carbocycles. The molecule has 2 fully saturated rings. The lowest BCUT2D eigenvalue weighted by molar-refractivity contribution is 0.406. The molecule has 2 aliphatic rings. The molecule has 0 spiro atoms. The first-order chi connectivity index (χ1) is 13.7. The summed E-state index contributed by atoms with van der Waals surface area (Å²) in [6.45, 7) is 0.563. The Morgan fingerprint density at radius 3 is 2.47 bits per heavy atom. The molecule has 4 rings (SSSR count). The van der Waals surface area contributed by atoms with Crippen LogP contribution in [-0.2, 0) is 16.3 Å². The van der Waals surface area contributed by atoms with Gasteiger partial charge in [-0.05, 0) is 55.5 Å². The van der Waals surface area contributed by atoms with Gasteiger partial charge in [-0.25, -0.2) is 31.3 Å². The first kappa shape index (κ1) is 23.0. The summed E-state index contributed by atoms with van der Waals surface area (Å²) in [5.74, 6) is -2.19. The third-order valence-corrected chi connectivity index (χ3v) is 7.59. The molecule has 1 aliphatic heterocycles. The molecule has 0 radical (unpaired) electrons. The molecular weight excluding hydrogens is 442 g/mol. The molecule has 1 heterocycles. The van der Waals surface area contributed by atoms with Crippen LogP contribution in [0, 0.1) is 22.2 Å². The van der Waals surface area contributed by atoms with Crippen LogP contribution in [0.25, 0.3) is 11.1 Å². The SMILES string of the molecule is Cl.N=S(=O)(N[C@H]1CCN[C@H]1Cc1cccc(-c2cc(F)cc(F)c2)c1F)C1(F)CC1. The highest BCUT2D eigenvalue weighted by Crippen LogP contribution is 2.45. The lowest BCUT2D eigenvalue weighted by atomic mass is 9.96. The van der Waals surface area contributed by atoms with E-state index in [4.69, 9.17) is 4.78 Å². The number of nitrogens with one attached hydrogen (secondary N) is 3. The molecule has 2 aromatic carbocycles. The van der Waals surface area contributed by atoms with Crippen LogP contribution < -0.4 is 10.0 Å².